The first-order valence-corrected chi connectivity index (χ1v) is 7.63. The van der Waals surface area contributed by atoms with E-state index in [0.717, 1.165) is 37.7 Å². The third-order valence-corrected chi connectivity index (χ3v) is 3.64. The van der Waals surface area contributed by atoms with Crippen LogP contribution in [-0.2, 0) is 6.54 Å². The molecular formula is C13H25N3OS. The van der Waals surface area contributed by atoms with Gasteiger partial charge in [0.2, 0.25) is 0 Å². The van der Waals surface area contributed by atoms with E-state index in [2.05, 4.69) is 29.0 Å². The van der Waals surface area contributed by atoms with Gasteiger partial charge in [0.15, 0.2) is 5.13 Å². The van der Waals surface area contributed by atoms with Crippen LogP contribution in [0.1, 0.15) is 38.0 Å². The highest BCUT2D eigenvalue weighted by Crippen LogP contribution is 2.19. The molecule has 0 aliphatic rings. The van der Waals surface area contributed by atoms with E-state index in [1.54, 1.807) is 11.3 Å². The van der Waals surface area contributed by atoms with Gasteiger partial charge in [-0.15, -0.1) is 11.3 Å². The minimum absolute atomic E-state index is 0.226. The summed E-state index contributed by atoms with van der Waals surface area (Å²) in [6.45, 7) is 8.23. The lowest BCUT2D eigenvalue weighted by Crippen LogP contribution is -2.27. The lowest BCUT2D eigenvalue weighted by Gasteiger charge is -2.19. The highest BCUT2D eigenvalue weighted by molar-refractivity contribution is 7.15. The third-order valence-electron chi connectivity index (χ3n) is 2.70. The molecule has 0 aromatic carbocycles. The fourth-order valence-electron chi connectivity index (χ4n) is 1.71. The standard InChI is InChI=1S/C13H25N3OS/c1-3-5-7-16(8-9-17)11-12-10-15-13(18-12)14-6-4-2/h10,17H,3-9,11H2,1-2H3,(H,14,15). The van der Waals surface area contributed by atoms with Gasteiger partial charge in [0.25, 0.3) is 0 Å². The van der Waals surface area contributed by atoms with Crippen molar-refractivity contribution < 1.29 is 5.11 Å². The maximum absolute atomic E-state index is 9.07. The summed E-state index contributed by atoms with van der Waals surface area (Å²) in [5, 5.41) is 13.4. The fourth-order valence-corrected chi connectivity index (χ4v) is 2.59. The molecule has 0 saturated carbocycles. The van der Waals surface area contributed by atoms with Gasteiger partial charge >= 0.3 is 0 Å². The maximum atomic E-state index is 9.07. The zero-order chi connectivity index (χ0) is 13.2. The fraction of sp³-hybridized carbons (Fsp3) is 0.769. The van der Waals surface area contributed by atoms with Crippen LogP contribution < -0.4 is 5.32 Å². The predicted molar refractivity (Wildman–Crippen MR) is 78.2 cm³/mol. The maximum Gasteiger partial charge on any atom is 0.182 e. The van der Waals surface area contributed by atoms with Gasteiger partial charge in [-0.3, -0.25) is 4.90 Å². The molecule has 0 aliphatic heterocycles. The third kappa shape index (κ3) is 5.80. The van der Waals surface area contributed by atoms with Crippen LogP contribution in [0, 0.1) is 0 Å². The van der Waals surface area contributed by atoms with Gasteiger partial charge in [0.05, 0.1) is 6.61 Å². The van der Waals surface area contributed by atoms with Crippen LogP contribution in [0.4, 0.5) is 5.13 Å². The molecule has 1 heterocycles. The summed E-state index contributed by atoms with van der Waals surface area (Å²) in [5.74, 6) is 0. The van der Waals surface area contributed by atoms with Crippen LogP contribution in [0.15, 0.2) is 6.20 Å². The number of nitrogens with zero attached hydrogens (tertiary/aromatic N) is 2. The van der Waals surface area contributed by atoms with E-state index in [0.29, 0.717) is 0 Å². The monoisotopic (exact) mass is 271 g/mol. The molecule has 0 radical (unpaired) electrons. The molecule has 1 aromatic heterocycles. The Morgan fingerprint density at radius 3 is 2.83 bits per heavy atom. The average molecular weight is 271 g/mol. The van der Waals surface area contributed by atoms with Crippen LogP contribution in [0.5, 0.6) is 0 Å². The number of aliphatic hydroxyl groups is 1. The molecule has 4 nitrogen and oxygen atoms in total. The van der Waals surface area contributed by atoms with Gasteiger partial charge in [-0.2, -0.15) is 0 Å². The number of unbranched alkanes of at least 4 members (excludes halogenated alkanes) is 1. The number of aromatic nitrogens is 1. The van der Waals surface area contributed by atoms with Crippen LogP contribution >= 0.6 is 11.3 Å². The zero-order valence-corrected chi connectivity index (χ0v) is 12.3. The molecule has 0 unspecified atom stereocenters. The molecule has 0 atom stereocenters. The first kappa shape index (κ1) is 15.4. The highest BCUT2D eigenvalue weighted by atomic mass is 32.1. The summed E-state index contributed by atoms with van der Waals surface area (Å²) in [4.78, 5) is 7.92. The topological polar surface area (TPSA) is 48.4 Å². The molecule has 0 bridgehead atoms. The van der Waals surface area contributed by atoms with E-state index in [-0.39, 0.29) is 6.61 Å². The number of thiazole rings is 1. The van der Waals surface area contributed by atoms with Gasteiger partial charge in [0, 0.05) is 30.7 Å². The molecular weight excluding hydrogens is 246 g/mol. The predicted octanol–water partition coefficient (Wildman–Crippen LogP) is 2.56. The molecule has 18 heavy (non-hydrogen) atoms. The Balaban J connectivity index is 2.43. The van der Waals surface area contributed by atoms with Crippen molar-refractivity contribution in [3.05, 3.63) is 11.1 Å². The number of rotatable bonds is 10. The first-order valence-electron chi connectivity index (χ1n) is 6.81. The normalized spacial score (nSPS) is 11.1. The minimum Gasteiger partial charge on any atom is -0.395 e. The van der Waals surface area contributed by atoms with Crippen LogP contribution in [0.3, 0.4) is 0 Å². The lowest BCUT2D eigenvalue weighted by atomic mass is 10.3. The Labute approximate surface area is 114 Å². The Morgan fingerprint density at radius 1 is 1.33 bits per heavy atom. The molecule has 0 fully saturated rings. The van der Waals surface area contributed by atoms with E-state index in [1.807, 2.05) is 6.20 Å². The number of nitrogens with one attached hydrogen (secondary N) is 1. The van der Waals surface area contributed by atoms with Crippen LogP contribution in [-0.4, -0.2) is 41.2 Å². The van der Waals surface area contributed by atoms with Gasteiger partial charge in [0.1, 0.15) is 0 Å². The van der Waals surface area contributed by atoms with Gasteiger partial charge in [-0.05, 0) is 19.4 Å². The van der Waals surface area contributed by atoms with Crippen molar-refractivity contribution in [1.29, 1.82) is 0 Å². The summed E-state index contributed by atoms with van der Waals surface area (Å²) < 4.78 is 0. The number of hydrogen-bond acceptors (Lipinski definition) is 5. The van der Waals surface area contributed by atoms with E-state index in [4.69, 9.17) is 5.11 Å². The minimum atomic E-state index is 0.226. The number of hydrogen-bond donors (Lipinski definition) is 2. The van der Waals surface area contributed by atoms with E-state index in [9.17, 15) is 0 Å². The second kappa shape index (κ2) is 9.30. The SMILES string of the molecule is CCCCN(CCO)Cc1cnc(NCCC)s1. The molecule has 1 rings (SSSR count). The van der Waals surface area contributed by atoms with Crippen molar-refractivity contribution in [2.75, 3.05) is 31.6 Å². The Bertz CT molecular complexity index is 317. The summed E-state index contributed by atoms with van der Waals surface area (Å²) in [7, 11) is 0. The average Bonchev–Trinajstić information content (AvgIpc) is 2.81. The highest BCUT2D eigenvalue weighted by Gasteiger charge is 2.08. The van der Waals surface area contributed by atoms with Gasteiger partial charge < -0.3 is 10.4 Å². The van der Waals surface area contributed by atoms with Crippen LogP contribution in [0.2, 0.25) is 0 Å². The van der Waals surface area contributed by atoms with Crippen molar-refractivity contribution in [2.45, 2.75) is 39.7 Å². The van der Waals surface area contributed by atoms with Crippen molar-refractivity contribution in [2.24, 2.45) is 0 Å². The molecule has 104 valence electrons. The van der Waals surface area contributed by atoms with Crippen molar-refractivity contribution in [1.82, 2.24) is 9.88 Å². The van der Waals surface area contributed by atoms with E-state index < -0.39 is 0 Å². The van der Waals surface area contributed by atoms with Crippen molar-refractivity contribution in [3.8, 4) is 0 Å². The molecule has 0 aliphatic carbocycles. The quantitative estimate of drug-likeness (QED) is 0.686. The van der Waals surface area contributed by atoms with Crippen LogP contribution in [0.25, 0.3) is 0 Å². The second-order valence-electron chi connectivity index (χ2n) is 4.41. The second-order valence-corrected chi connectivity index (χ2v) is 5.53. The molecule has 0 saturated heterocycles. The molecule has 0 spiro atoms. The zero-order valence-electron chi connectivity index (χ0n) is 11.5. The smallest absolute Gasteiger partial charge is 0.182 e. The molecule has 0 amide bonds. The summed E-state index contributed by atoms with van der Waals surface area (Å²) in [6, 6.07) is 0. The van der Waals surface area contributed by atoms with E-state index >= 15 is 0 Å². The van der Waals surface area contributed by atoms with Crippen molar-refractivity contribution in [3.63, 3.8) is 0 Å². The Morgan fingerprint density at radius 2 is 2.17 bits per heavy atom. The molecule has 2 N–H and O–H groups in total. The lowest BCUT2D eigenvalue weighted by molar-refractivity contribution is 0.189. The van der Waals surface area contributed by atoms with Gasteiger partial charge in [-0.25, -0.2) is 4.98 Å². The Kier molecular flexibility index (Phi) is 7.96. The molecule has 1 aromatic rings. The summed E-state index contributed by atoms with van der Waals surface area (Å²) in [5.41, 5.74) is 0. The summed E-state index contributed by atoms with van der Waals surface area (Å²) in [6.07, 6.45) is 5.43. The Hall–Kier alpha value is -0.650. The largest absolute Gasteiger partial charge is 0.395 e. The van der Waals surface area contributed by atoms with Crippen molar-refractivity contribution >= 4 is 16.5 Å². The number of aliphatic hydroxyl groups excluding tert-OH is 1. The van der Waals surface area contributed by atoms with E-state index in [1.165, 1.54) is 17.7 Å². The summed E-state index contributed by atoms with van der Waals surface area (Å²) >= 11 is 1.71. The molecule has 5 heteroatoms. The number of anilines is 1. The first-order chi connectivity index (χ1) is 8.80. The van der Waals surface area contributed by atoms with Gasteiger partial charge in [-0.1, -0.05) is 20.3 Å².